The number of amides is 1. The molecule has 1 N–H and O–H groups in total. The third-order valence-corrected chi connectivity index (χ3v) is 3.96. The van der Waals surface area contributed by atoms with E-state index in [0.717, 1.165) is 22.6 Å². The lowest BCUT2D eigenvalue weighted by atomic mass is 10.1. The average molecular weight is 328 g/mol. The van der Waals surface area contributed by atoms with Gasteiger partial charge in [0.2, 0.25) is 0 Å². The van der Waals surface area contributed by atoms with E-state index in [4.69, 9.17) is 0 Å². The van der Waals surface area contributed by atoms with E-state index in [9.17, 15) is 4.79 Å². The lowest BCUT2D eigenvalue weighted by Gasteiger charge is -2.05. The van der Waals surface area contributed by atoms with Crippen LogP contribution in [0.15, 0.2) is 73.3 Å². The number of benzene rings is 1. The molecule has 3 aromatic heterocycles. The number of hydrogen-bond donors (Lipinski definition) is 1. The van der Waals surface area contributed by atoms with Crippen molar-refractivity contribution in [3.8, 4) is 11.3 Å². The Kier molecular flexibility index (Phi) is 3.74. The molecule has 0 saturated heterocycles. The van der Waals surface area contributed by atoms with E-state index < -0.39 is 0 Å². The van der Waals surface area contributed by atoms with Gasteiger partial charge in [-0.15, -0.1) is 0 Å². The van der Waals surface area contributed by atoms with E-state index >= 15 is 0 Å². The van der Waals surface area contributed by atoms with E-state index in [1.165, 1.54) is 5.56 Å². The van der Waals surface area contributed by atoms with Gasteiger partial charge < -0.3 is 9.72 Å². The Balaban J connectivity index is 1.56. The highest BCUT2D eigenvalue weighted by molar-refractivity contribution is 6.04. The molecule has 5 nitrogen and oxygen atoms in total. The zero-order valence-electron chi connectivity index (χ0n) is 13.7. The van der Waals surface area contributed by atoms with Gasteiger partial charge in [-0.1, -0.05) is 18.2 Å². The minimum Gasteiger partial charge on any atom is -0.322 e. The zero-order chi connectivity index (χ0) is 17.2. The lowest BCUT2D eigenvalue weighted by molar-refractivity contribution is 0.102. The summed E-state index contributed by atoms with van der Waals surface area (Å²) in [5.41, 5.74) is 5.26. The number of nitrogens with one attached hydrogen (secondary N) is 1. The molecule has 0 aliphatic rings. The Morgan fingerprint density at radius 2 is 1.88 bits per heavy atom. The van der Waals surface area contributed by atoms with Crippen LogP contribution in [0.5, 0.6) is 0 Å². The monoisotopic (exact) mass is 328 g/mol. The van der Waals surface area contributed by atoms with E-state index in [0.29, 0.717) is 5.56 Å². The smallest absolute Gasteiger partial charge is 0.257 e. The molecule has 0 saturated carbocycles. The predicted octanol–water partition coefficient (Wildman–Crippen LogP) is 3.96. The summed E-state index contributed by atoms with van der Waals surface area (Å²) in [5, 5.41) is 2.87. The third kappa shape index (κ3) is 3.12. The molecule has 122 valence electrons. The van der Waals surface area contributed by atoms with Crippen LogP contribution in [0.4, 0.5) is 5.69 Å². The van der Waals surface area contributed by atoms with E-state index in [-0.39, 0.29) is 5.91 Å². The molecule has 0 aliphatic carbocycles. The topological polar surface area (TPSA) is 59.3 Å². The Morgan fingerprint density at radius 1 is 1.04 bits per heavy atom. The van der Waals surface area contributed by atoms with Crippen LogP contribution in [0.25, 0.3) is 16.9 Å². The van der Waals surface area contributed by atoms with Gasteiger partial charge in [0.25, 0.3) is 5.91 Å². The molecule has 0 radical (unpaired) electrons. The van der Waals surface area contributed by atoms with E-state index in [1.807, 2.05) is 53.2 Å². The number of nitrogens with zero attached hydrogens (tertiary/aromatic N) is 3. The summed E-state index contributed by atoms with van der Waals surface area (Å²) >= 11 is 0. The molecule has 3 heterocycles. The van der Waals surface area contributed by atoms with Gasteiger partial charge in [0, 0.05) is 36.0 Å². The fourth-order valence-corrected chi connectivity index (χ4v) is 2.67. The second-order valence-corrected chi connectivity index (χ2v) is 5.87. The molecular formula is C20H16N4O. The van der Waals surface area contributed by atoms with Crippen molar-refractivity contribution in [2.75, 3.05) is 5.32 Å². The number of aryl methyl sites for hydroxylation is 1. The highest BCUT2D eigenvalue weighted by Crippen LogP contribution is 2.22. The number of imidazole rings is 1. The highest BCUT2D eigenvalue weighted by Gasteiger charge is 2.07. The molecule has 1 amide bonds. The van der Waals surface area contributed by atoms with Crippen molar-refractivity contribution < 1.29 is 4.79 Å². The number of rotatable bonds is 3. The van der Waals surface area contributed by atoms with Gasteiger partial charge in [-0.05, 0) is 42.8 Å². The summed E-state index contributed by atoms with van der Waals surface area (Å²) in [6.07, 6.45) is 7.24. The standard InChI is InChI=1S/C20H16N4O/c1-14-4-9-19-23-18(13-24(19)12-14)15-5-7-17(8-6-15)22-20(25)16-3-2-10-21-11-16/h2-13H,1H3,(H,22,25). The summed E-state index contributed by atoms with van der Waals surface area (Å²) in [7, 11) is 0. The normalized spacial score (nSPS) is 10.8. The van der Waals surface area contributed by atoms with E-state index in [1.54, 1.807) is 24.5 Å². The van der Waals surface area contributed by atoms with Crippen LogP contribution in [0.2, 0.25) is 0 Å². The maximum Gasteiger partial charge on any atom is 0.257 e. The van der Waals surface area contributed by atoms with Crippen molar-refractivity contribution in [3.63, 3.8) is 0 Å². The molecule has 0 atom stereocenters. The van der Waals surface area contributed by atoms with Crippen LogP contribution in [0.3, 0.4) is 0 Å². The molecule has 0 bridgehead atoms. The maximum atomic E-state index is 12.2. The van der Waals surface area contributed by atoms with Gasteiger partial charge in [0.15, 0.2) is 0 Å². The Labute approximate surface area is 145 Å². The van der Waals surface area contributed by atoms with Crippen molar-refractivity contribution in [2.45, 2.75) is 6.92 Å². The van der Waals surface area contributed by atoms with Crippen molar-refractivity contribution >= 4 is 17.2 Å². The van der Waals surface area contributed by atoms with Crippen LogP contribution >= 0.6 is 0 Å². The molecule has 0 unspecified atom stereocenters. The molecule has 5 heteroatoms. The Bertz CT molecular complexity index is 1040. The van der Waals surface area contributed by atoms with Crippen LogP contribution in [0, 0.1) is 6.92 Å². The van der Waals surface area contributed by atoms with Crippen LogP contribution in [-0.4, -0.2) is 20.3 Å². The molecule has 4 aromatic rings. The number of fused-ring (bicyclic) bond motifs is 1. The fraction of sp³-hybridized carbons (Fsp3) is 0.0500. The average Bonchev–Trinajstić information content (AvgIpc) is 3.06. The van der Waals surface area contributed by atoms with E-state index in [2.05, 4.69) is 22.2 Å². The maximum absolute atomic E-state index is 12.2. The van der Waals surface area contributed by atoms with Crippen LogP contribution < -0.4 is 5.32 Å². The van der Waals surface area contributed by atoms with Crippen molar-refractivity contribution in [2.24, 2.45) is 0 Å². The Hall–Kier alpha value is -3.47. The SMILES string of the molecule is Cc1ccc2nc(-c3ccc(NC(=O)c4cccnc4)cc3)cn2c1. The first-order chi connectivity index (χ1) is 12.2. The van der Waals surface area contributed by atoms with Gasteiger partial charge in [-0.25, -0.2) is 4.98 Å². The van der Waals surface area contributed by atoms with Crippen molar-refractivity contribution in [3.05, 3.63) is 84.4 Å². The number of aromatic nitrogens is 3. The summed E-state index contributed by atoms with van der Waals surface area (Å²) in [6, 6.07) is 15.2. The first-order valence-electron chi connectivity index (χ1n) is 7.96. The zero-order valence-corrected chi connectivity index (χ0v) is 13.7. The molecule has 0 aliphatic heterocycles. The van der Waals surface area contributed by atoms with Crippen molar-refractivity contribution in [1.82, 2.24) is 14.4 Å². The second kappa shape index (κ2) is 6.20. The summed E-state index contributed by atoms with van der Waals surface area (Å²) in [5.74, 6) is -0.177. The number of carbonyl (C=O) groups is 1. The summed E-state index contributed by atoms with van der Waals surface area (Å²) in [4.78, 5) is 20.7. The third-order valence-electron chi connectivity index (χ3n) is 3.96. The largest absolute Gasteiger partial charge is 0.322 e. The molecule has 4 rings (SSSR count). The quantitative estimate of drug-likeness (QED) is 0.619. The lowest BCUT2D eigenvalue weighted by Crippen LogP contribution is -2.11. The molecular weight excluding hydrogens is 312 g/mol. The summed E-state index contributed by atoms with van der Waals surface area (Å²) in [6.45, 7) is 2.05. The first kappa shape index (κ1) is 15.1. The highest BCUT2D eigenvalue weighted by atomic mass is 16.1. The summed E-state index contributed by atoms with van der Waals surface area (Å²) < 4.78 is 2.02. The first-order valence-corrected chi connectivity index (χ1v) is 7.96. The fourth-order valence-electron chi connectivity index (χ4n) is 2.67. The molecule has 0 fully saturated rings. The van der Waals surface area contributed by atoms with Gasteiger partial charge in [0.05, 0.1) is 11.3 Å². The minimum absolute atomic E-state index is 0.177. The molecule has 1 aromatic carbocycles. The Morgan fingerprint density at radius 3 is 2.64 bits per heavy atom. The van der Waals surface area contributed by atoms with Gasteiger partial charge in [-0.2, -0.15) is 0 Å². The number of anilines is 1. The van der Waals surface area contributed by atoms with Gasteiger partial charge in [-0.3, -0.25) is 9.78 Å². The predicted molar refractivity (Wildman–Crippen MR) is 97.6 cm³/mol. The van der Waals surface area contributed by atoms with Crippen molar-refractivity contribution in [1.29, 1.82) is 0 Å². The molecule has 0 spiro atoms. The van der Waals surface area contributed by atoms with Gasteiger partial charge >= 0.3 is 0 Å². The number of carbonyl (C=O) groups excluding carboxylic acids is 1. The minimum atomic E-state index is -0.177. The second-order valence-electron chi connectivity index (χ2n) is 5.87. The molecule has 25 heavy (non-hydrogen) atoms. The van der Waals surface area contributed by atoms with Crippen LogP contribution in [-0.2, 0) is 0 Å². The number of hydrogen-bond acceptors (Lipinski definition) is 3. The van der Waals surface area contributed by atoms with Gasteiger partial charge in [0.1, 0.15) is 5.65 Å². The number of pyridine rings is 2. The van der Waals surface area contributed by atoms with Crippen LogP contribution in [0.1, 0.15) is 15.9 Å².